The summed E-state index contributed by atoms with van der Waals surface area (Å²) < 4.78 is 49.9. The number of amides is 10. The first kappa shape index (κ1) is 132. The Kier molecular flexibility index (Phi) is 52.1. The largest absolute Gasteiger partial charge is 0.467 e. The zero-order valence-electron chi connectivity index (χ0n) is 88.4. The van der Waals surface area contributed by atoms with Crippen LogP contribution in [0.3, 0.4) is 0 Å². The first-order valence-electron chi connectivity index (χ1n) is 43.5. The van der Waals surface area contributed by atoms with Crippen molar-refractivity contribution in [1.29, 1.82) is 0 Å². The topological polar surface area (TPSA) is 554 Å². The Labute approximate surface area is 797 Å². The van der Waals surface area contributed by atoms with Crippen LogP contribution in [0.2, 0.25) is 0 Å². The molecule has 0 rings (SSSR count). The fraction of sp³-hybridized carbons (Fsp3) is 0.684. The summed E-state index contributed by atoms with van der Waals surface area (Å²) >= 11 is 0. The van der Waals surface area contributed by atoms with Crippen LogP contribution in [0.25, 0.3) is 0 Å². The van der Waals surface area contributed by atoms with Crippen molar-refractivity contribution in [2.24, 2.45) is 29.6 Å². The first-order chi connectivity index (χ1) is 60.2. The molecule has 0 aromatic carbocycles. The van der Waals surface area contributed by atoms with Crippen molar-refractivity contribution in [1.82, 2.24) is 53.2 Å². The van der Waals surface area contributed by atoms with Crippen molar-refractivity contribution < 1.29 is 143 Å². The maximum atomic E-state index is 12.5. The highest BCUT2D eigenvalue weighted by Gasteiger charge is 2.47. The second-order valence-electron chi connectivity index (χ2n) is 41.4. The number of methoxy groups -OCH3 is 5. The molecular weight excluding hydrogens is 1760 g/mol. The quantitative estimate of drug-likeness (QED) is 0.0168. The lowest BCUT2D eigenvalue weighted by atomic mass is 9.88. The predicted octanol–water partition coefficient (Wildman–Crippen LogP) is 7.41. The van der Waals surface area contributed by atoms with E-state index in [2.05, 4.69) is 76.9 Å². The van der Waals surface area contributed by atoms with Gasteiger partial charge in [0, 0.05) is 60.8 Å². The highest BCUT2D eigenvalue weighted by molar-refractivity contribution is 6.05. The van der Waals surface area contributed by atoms with Gasteiger partial charge in [-0.15, -0.1) is 0 Å². The third kappa shape index (κ3) is 49.8. The van der Waals surface area contributed by atoms with Crippen molar-refractivity contribution >= 4 is 119 Å². The summed E-state index contributed by atoms with van der Waals surface area (Å²) in [7, 11) is 6.06. The van der Waals surface area contributed by atoms with Crippen LogP contribution in [0, 0.1) is 29.6 Å². The fourth-order valence-corrected chi connectivity index (χ4v) is 9.60. The summed E-state index contributed by atoms with van der Waals surface area (Å²) in [6.07, 6.45) is 9.88. The number of carbonyl (C=O) groups excluding carboxylic acids is 20. The summed E-state index contributed by atoms with van der Waals surface area (Å²) in [5, 5.41) is 25.1. The van der Waals surface area contributed by atoms with Gasteiger partial charge in [-0.1, -0.05) is 69.2 Å². The number of rotatable bonds is 35. The Balaban J connectivity index is -0.000000522. The lowest BCUT2D eigenvalue weighted by Gasteiger charge is -2.34. The molecule has 0 spiro atoms. The van der Waals surface area contributed by atoms with E-state index in [4.69, 9.17) is 23.7 Å². The molecule has 40 heteroatoms. The molecule has 0 aliphatic rings. The van der Waals surface area contributed by atoms with E-state index in [1.807, 2.05) is 0 Å². The summed E-state index contributed by atoms with van der Waals surface area (Å²) in [4.78, 5) is 241. The maximum Gasteiger partial charge on any atom is 0.332 e. The van der Waals surface area contributed by atoms with Gasteiger partial charge in [-0.25, -0.2) is 47.9 Å². The van der Waals surface area contributed by atoms with Gasteiger partial charge >= 0.3 is 59.7 Å². The minimum atomic E-state index is -1.27. The Bertz CT molecular complexity index is 3710. The van der Waals surface area contributed by atoms with Gasteiger partial charge in [0.25, 0.3) is 0 Å². The Morgan fingerprint density at radius 3 is 0.326 bits per heavy atom. The lowest BCUT2D eigenvalue weighted by Crippen LogP contribution is -2.57. The number of carbonyl (C=O) groups is 20. The van der Waals surface area contributed by atoms with Crippen molar-refractivity contribution in [3.05, 3.63) is 60.8 Å². The van der Waals surface area contributed by atoms with Gasteiger partial charge in [0.2, 0.25) is 59.1 Å². The zero-order valence-corrected chi connectivity index (χ0v) is 88.4. The molecule has 10 N–H and O–H groups in total. The van der Waals surface area contributed by atoms with Gasteiger partial charge in [-0.05, 0) is 237 Å². The molecular formula is C95H160N10O30. The van der Waals surface area contributed by atoms with E-state index in [-0.39, 0.29) is 29.6 Å². The normalized spacial score (nSPS) is 14.4. The van der Waals surface area contributed by atoms with E-state index in [1.54, 1.807) is 208 Å². The number of ether oxygens (including phenoxy) is 10. The van der Waals surface area contributed by atoms with Crippen LogP contribution in [0.15, 0.2) is 60.8 Å². The molecule has 0 heterocycles. The number of nitrogens with one attached hydrogen (secondary N) is 10. The average Bonchev–Trinajstić information content (AvgIpc) is 0.827. The molecule has 0 aromatic rings. The van der Waals surface area contributed by atoms with E-state index < -0.39 is 202 Å². The number of esters is 10. The second-order valence-corrected chi connectivity index (χ2v) is 41.4. The summed E-state index contributed by atoms with van der Waals surface area (Å²) in [5.41, 5.74) is -16.0. The summed E-state index contributed by atoms with van der Waals surface area (Å²) in [5.74, 6) is -13.6. The van der Waals surface area contributed by atoms with E-state index >= 15 is 0 Å². The molecule has 40 nitrogen and oxygen atoms in total. The minimum absolute atomic E-state index is 0.253. The van der Waals surface area contributed by atoms with Crippen molar-refractivity contribution in [3.63, 3.8) is 0 Å². The lowest BCUT2D eigenvalue weighted by molar-refractivity contribution is -0.166. The Hall–Kier alpha value is -11.9. The standard InChI is InChI=1S/5C19H32N2O6/c5*1-12(2)19(8,16(25)27-17(3,4)5)21-14(23)11-10-13(22)20-18(6,7)15(24)26-9/h5*10-12H,1-9H3,(H,20,22)(H,21,23)/b5*11-10-/t5*19-/m00000/s1. The molecule has 0 unspecified atom stereocenters. The summed E-state index contributed by atoms with van der Waals surface area (Å²) in [6, 6.07) is 0. The number of hydrogen-bond donors (Lipinski definition) is 10. The van der Waals surface area contributed by atoms with Gasteiger partial charge in [0.15, 0.2) is 0 Å². The summed E-state index contributed by atoms with van der Waals surface area (Å²) in [6.45, 7) is 66.4. The molecule has 770 valence electrons. The maximum absolute atomic E-state index is 12.5. The molecule has 10 amide bonds. The molecule has 5 atom stereocenters. The minimum Gasteiger partial charge on any atom is -0.467 e. The number of hydrogen-bond acceptors (Lipinski definition) is 30. The molecule has 0 radical (unpaired) electrons. The zero-order chi connectivity index (χ0) is 108. The second kappa shape index (κ2) is 53.4. The molecule has 0 saturated carbocycles. The van der Waals surface area contributed by atoms with Gasteiger partial charge in [-0.3, -0.25) is 47.9 Å². The Morgan fingerprint density at radius 2 is 0.252 bits per heavy atom. The SMILES string of the molecule is COC(=O)C(C)(C)NC(=O)/C=C\C(=O)N[C@](C)(C(=O)OC(C)(C)C)C(C)C.COC(=O)C(C)(C)NC(=O)/C=C\C(=O)N[C@](C)(C(=O)OC(C)(C)C)C(C)C.COC(=O)C(C)(C)NC(=O)/C=C\C(=O)N[C@](C)(C(=O)OC(C)(C)C)C(C)C.COC(=O)C(C)(C)NC(=O)/C=C\C(=O)N[C@](C)(C(=O)OC(C)(C)C)C(C)C.COC(=O)C(C)(C)NC(=O)/C=C\C(=O)N[C@](C)(C(=O)OC(C)(C)C)C(C)C. The molecule has 0 bridgehead atoms. The smallest absolute Gasteiger partial charge is 0.332 e. The van der Waals surface area contributed by atoms with Crippen molar-refractivity contribution in [2.75, 3.05) is 35.5 Å². The van der Waals surface area contributed by atoms with Crippen LogP contribution < -0.4 is 53.2 Å². The van der Waals surface area contributed by atoms with Crippen molar-refractivity contribution in [3.8, 4) is 0 Å². The van der Waals surface area contributed by atoms with Crippen molar-refractivity contribution in [2.45, 2.75) is 360 Å². The van der Waals surface area contributed by atoms with Crippen LogP contribution in [0.1, 0.15) is 277 Å². The fourth-order valence-electron chi connectivity index (χ4n) is 9.60. The van der Waals surface area contributed by atoms with Crippen LogP contribution in [0.4, 0.5) is 0 Å². The van der Waals surface area contributed by atoms with Crippen LogP contribution in [0.5, 0.6) is 0 Å². The van der Waals surface area contributed by atoms with E-state index in [0.717, 1.165) is 60.8 Å². The third-order valence-corrected chi connectivity index (χ3v) is 19.4. The van der Waals surface area contributed by atoms with Gasteiger partial charge in [0.05, 0.1) is 35.5 Å². The van der Waals surface area contributed by atoms with E-state index in [1.165, 1.54) is 105 Å². The predicted molar refractivity (Wildman–Crippen MR) is 503 cm³/mol. The van der Waals surface area contributed by atoms with E-state index in [0.29, 0.717) is 0 Å². The van der Waals surface area contributed by atoms with Gasteiger partial charge in [-0.2, -0.15) is 0 Å². The molecule has 0 aliphatic heterocycles. The Morgan fingerprint density at radius 1 is 0.163 bits per heavy atom. The molecule has 135 heavy (non-hydrogen) atoms. The van der Waals surface area contributed by atoms with Gasteiger partial charge in [0.1, 0.15) is 83.4 Å². The average molecular weight is 1920 g/mol. The highest BCUT2D eigenvalue weighted by Crippen LogP contribution is 2.28. The van der Waals surface area contributed by atoms with E-state index in [9.17, 15) is 95.9 Å². The molecule has 0 saturated heterocycles. The molecule has 0 aliphatic carbocycles. The van der Waals surface area contributed by atoms with Gasteiger partial charge < -0.3 is 101 Å². The van der Waals surface area contributed by atoms with Crippen LogP contribution >= 0.6 is 0 Å². The van der Waals surface area contributed by atoms with Crippen LogP contribution in [-0.2, 0) is 143 Å². The first-order valence-corrected chi connectivity index (χ1v) is 43.5. The molecule has 0 aromatic heterocycles. The van der Waals surface area contributed by atoms with Crippen LogP contribution in [-0.4, -0.2) is 238 Å². The third-order valence-electron chi connectivity index (χ3n) is 19.4. The molecule has 0 fully saturated rings. The highest BCUT2D eigenvalue weighted by atomic mass is 16.6. The monoisotopic (exact) mass is 1920 g/mol.